The van der Waals surface area contributed by atoms with Gasteiger partial charge in [0.05, 0.1) is 24.8 Å². The van der Waals surface area contributed by atoms with E-state index in [0.29, 0.717) is 17.0 Å². The minimum absolute atomic E-state index is 0.102. The molecule has 0 saturated heterocycles. The van der Waals surface area contributed by atoms with Crippen molar-refractivity contribution in [2.45, 2.75) is 20.0 Å². The van der Waals surface area contributed by atoms with E-state index >= 15 is 0 Å². The molecule has 9 heteroatoms. The highest BCUT2D eigenvalue weighted by Gasteiger charge is 2.14. The average molecular weight is 487 g/mol. The Morgan fingerprint density at radius 2 is 1.78 bits per heavy atom. The number of imidazole rings is 1. The van der Waals surface area contributed by atoms with Crippen LogP contribution in [0.2, 0.25) is 0 Å². The predicted molar refractivity (Wildman–Crippen MR) is 134 cm³/mol. The van der Waals surface area contributed by atoms with Crippen molar-refractivity contribution >= 4 is 29.1 Å². The fourth-order valence-electron chi connectivity index (χ4n) is 3.60. The van der Waals surface area contributed by atoms with Crippen molar-refractivity contribution in [3.05, 3.63) is 95.4 Å². The Hall–Kier alpha value is -4.66. The van der Waals surface area contributed by atoms with Gasteiger partial charge in [0, 0.05) is 18.1 Å². The van der Waals surface area contributed by atoms with Gasteiger partial charge in [0.25, 0.3) is 5.91 Å². The molecule has 0 bridgehead atoms. The van der Waals surface area contributed by atoms with Crippen LogP contribution in [0.25, 0.3) is 5.65 Å². The number of hydrogen-bond donors (Lipinski definition) is 2. The molecule has 0 atom stereocenters. The predicted octanol–water partition coefficient (Wildman–Crippen LogP) is 3.31. The normalized spacial score (nSPS) is 10.6. The summed E-state index contributed by atoms with van der Waals surface area (Å²) >= 11 is 0. The van der Waals surface area contributed by atoms with Crippen LogP contribution in [0.5, 0.6) is 5.75 Å². The number of pyridine rings is 1. The van der Waals surface area contributed by atoms with Gasteiger partial charge in [-0.15, -0.1) is 0 Å². The Labute approximate surface area is 208 Å². The van der Waals surface area contributed by atoms with Crippen molar-refractivity contribution in [1.82, 2.24) is 14.7 Å². The standard InChI is InChI=1S/C27H26N4O5/c1-18-6-5-13-31-16-21(29-26(18)31)17-36-23-8-4-3-7-22(23)27(34)30-20-11-9-19(10-12-20)14-24(32)28-15-25(33)35-2/h3-13,16H,14-15,17H2,1-2H3,(H,28,32)(H,30,34). The topological polar surface area (TPSA) is 111 Å². The number of esters is 1. The van der Waals surface area contributed by atoms with Crippen LogP contribution in [0.4, 0.5) is 5.69 Å². The molecule has 9 nitrogen and oxygen atoms in total. The largest absolute Gasteiger partial charge is 0.486 e. The Balaban J connectivity index is 1.37. The fraction of sp³-hybridized carbons (Fsp3) is 0.185. The van der Waals surface area contributed by atoms with E-state index in [1.54, 1.807) is 48.5 Å². The number of hydrogen-bond acceptors (Lipinski definition) is 6. The minimum Gasteiger partial charge on any atom is -0.486 e. The molecule has 36 heavy (non-hydrogen) atoms. The molecule has 4 aromatic rings. The lowest BCUT2D eigenvalue weighted by molar-refractivity contribution is -0.141. The third kappa shape index (κ3) is 6.06. The quantitative estimate of drug-likeness (QED) is 0.351. The molecule has 0 saturated carbocycles. The number of benzene rings is 2. The lowest BCUT2D eigenvalue weighted by atomic mass is 10.1. The van der Waals surface area contributed by atoms with Gasteiger partial charge in [-0.25, -0.2) is 4.98 Å². The zero-order valence-corrected chi connectivity index (χ0v) is 20.0. The van der Waals surface area contributed by atoms with E-state index in [4.69, 9.17) is 4.74 Å². The van der Waals surface area contributed by atoms with Gasteiger partial charge in [0.1, 0.15) is 24.5 Å². The van der Waals surface area contributed by atoms with Gasteiger partial charge in [-0.1, -0.05) is 30.3 Å². The molecular formula is C27H26N4O5. The summed E-state index contributed by atoms with van der Waals surface area (Å²) < 4.78 is 12.4. The number of methoxy groups -OCH3 is 1. The van der Waals surface area contributed by atoms with Crippen molar-refractivity contribution in [2.24, 2.45) is 0 Å². The number of nitrogens with one attached hydrogen (secondary N) is 2. The molecule has 0 aliphatic carbocycles. The van der Waals surface area contributed by atoms with E-state index in [1.165, 1.54) is 7.11 Å². The molecule has 0 aliphatic rings. The second-order valence-corrected chi connectivity index (χ2v) is 8.12. The molecule has 184 valence electrons. The van der Waals surface area contributed by atoms with Crippen molar-refractivity contribution in [1.29, 1.82) is 0 Å². The summed E-state index contributed by atoms with van der Waals surface area (Å²) in [4.78, 5) is 40.6. The number of carbonyl (C=O) groups excluding carboxylic acids is 3. The highest BCUT2D eigenvalue weighted by atomic mass is 16.5. The number of para-hydroxylation sites is 1. The summed E-state index contributed by atoms with van der Waals surface area (Å²) in [5.41, 5.74) is 4.39. The van der Waals surface area contributed by atoms with E-state index in [2.05, 4.69) is 20.4 Å². The van der Waals surface area contributed by atoms with Crippen LogP contribution < -0.4 is 15.4 Å². The molecule has 0 radical (unpaired) electrons. The lowest BCUT2D eigenvalue weighted by Gasteiger charge is -2.11. The molecule has 2 aromatic carbocycles. The molecular weight excluding hydrogens is 460 g/mol. The van der Waals surface area contributed by atoms with Gasteiger partial charge < -0.3 is 24.5 Å². The molecule has 0 fully saturated rings. The molecule has 2 aromatic heterocycles. The summed E-state index contributed by atoms with van der Waals surface area (Å²) in [6.07, 6.45) is 3.94. The minimum atomic E-state index is -0.515. The number of nitrogens with zero attached hydrogens (tertiary/aromatic N) is 2. The molecule has 0 aliphatic heterocycles. The highest BCUT2D eigenvalue weighted by Crippen LogP contribution is 2.22. The van der Waals surface area contributed by atoms with Crippen LogP contribution >= 0.6 is 0 Å². The molecule has 2 heterocycles. The number of ether oxygens (including phenoxy) is 2. The fourth-order valence-corrected chi connectivity index (χ4v) is 3.60. The average Bonchev–Trinajstić information content (AvgIpc) is 3.32. The van der Waals surface area contributed by atoms with Crippen LogP contribution in [0, 0.1) is 6.92 Å². The number of aryl methyl sites for hydroxylation is 1. The number of amides is 2. The van der Waals surface area contributed by atoms with Gasteiger partial charge >= 0.3 is 5.97 Å². The van der Waals surface area contributed by atoms with E-state index < -0.39 is 5.97 Å². The maximum atomic E-state index is 13.0. The third-order valence-electron chi connectivity index (χ3n) is 5.47. The Morgan fingerprint density at radius 1 is 1.00 bits per heavy atom. The summed E-state index contributed by atoms with van der Waals surface area (Å²) in [7, 11) is 1.26. The highest BCUT2D eigenvalue weighted by molar-refractivity contribution is 6.06. The summed E-state index contributed by atoms with van der Waals surface area (Å²) in [6, 6.07) is 17.9. The monoisotopic (exact) mass is 486 g/mol. The van der Waals surface area contributed by atoms with Gasteiger partial charge in [-0.2, -0.15) is 0 Å². The van der Waals surface area contributed by atoms with Crippen LogP contribution in [-0.2, 0) is 27.4 Å². The van der Waals surface area contributed by atoms with Crippen molar-refractivity contribution in [3.8, 4) is 5.75 Å². The maximum absolute atomic E-state index is 13.0. The van der Waals surface area contributed by atoms with E-state index in [9.17, 15) is 14.4 Å². The first kappa shape index (κ1) is 24.5. The van der Waals surface area contributed by atoms with Crippen molar-refractivity contribution in [2.75, 3.05) is 19.0 Å². The van der Waals surface area contributed by atoms with Crippen LogP contribution in [0.3, 0.4) is 0 Å². The van der Waals surface area contributed by atoms with Gasteiger partial charge in [0.15, 0.2) is 0 Å². The summed E-state index contributed by atoms with van der Waals surface area (Å²) in [5, 5.41) is 5.34. The van der Waals surface area contributed by atoms with Crippen molar-refractivity contribution < 1.29 is 23.9 Å². The SMILES string of the molecule is COC(=O)CNC(=O)Cc1ccc(NC(=O)c2ccccc2OCc2cn3cccc(C)c3n2)cc1. The van der Waals surface area contributed by atoms with E-state index in [-0.39, 0.29) is 31.4 Å². The van der Waals surface area contributed by atoms with Crippen LogP contribution in [0.15, 0.2) is 73.1 Å². The number of aromatic nitrogens is 2. The zero-order chi connectivity index (χ0) is 25.5. The number of carbonyl (C=O) groups is 3. The van der Waals surface area contributed by atoms with Crippen molar-refractivity contribution in [3.63, 3.8) is 0 Å². The third-order valence-corrected chi connectivity index (χ3v) is 5.47. The van der Waals surface area contributed by atoms with Crippen LogP contribution in [0.1, 0.15) is 27.2 Å². The zero-order valence-electron chi connectivity index (χ0n) is 20.0. The smallest absolute Gasteiger partial charge is 0.325 e. The molecule has 2 N–H and O–H groups in total. The summed E-state index contributed by atoms with van der Waals surface area (Å²) in [6.45, 7) is 2.04. The Morgan fingerprint density at radius 3 is 2.53 bits per heavy atom. The first-order valence-corrected chi connectivity index (χ1v) is 11.3. The number of rotatable bonds is 9. The molecule has 2 amide bonds. The van der Waals surface area contributed by atoms with E-state index in [0.717, 1.165) is 22.5 Å². The number of fused-ring (bicyclic) bond motifs is 1. The first-order chi connectivity index (χ1) is 17.4. The molecule has 0 unspecified atom stereocenters. The first-order valence-electron chi connectivity index (χ1n) is 11.3. The summed E-state index contributed by atoms with van der Waals surface area (Å²) in [5.74, 6) is -0.689. The van der Waals surface area contributed by atoms with Gasteiger partial charge in [-0.05, 0) is 48.4 Å². The van der Waals surface area contributed by atoms with Gasteiger partial charge in [0.2, 0.25) is 5.91 Å². The van der Waals surface area contributed by atoms with E-state index in [1.807, 2.05) is 35.9 Å². The maximum Gasteiger partial charge on any atom is 0.325 e. The van der Waals surface area contributed by atoms with Crippen LogP contribution in [-0.4, -0.2) is 40.8 Å². The Kier molecular flexibility index (Phi) is 7.60. The number of anilines is 1. The lowest BCUT2D eigenvalue weighted by Crippen LogP contribution is -2.31. The second-order valence-electron chi connectivity index (χ2n) is 8.12. The molecule has 0 spiro atoms. The van der Waals surface area contributed by atoms with Gasteiger partial charge in [-0.3, -0.25) is 14.4 Å². The Bertz CT molecular complexity index is 1400. The second kappa shape index (κ2) is 11.2. The molecule has 4 rings (SSSR count).